The SMILES string of the molecule is CCOC1CC(Nc2cc(Cl)ccc2Br)C12CCC2. The molecule has 0 radical (unpaired) electrons. The lowest BCUT2D eigenvalue weighted by atomic mass is 9.51. The monoisotopic (exact) mass is 343 g/mol. The summed E-state index contributed by atoms with van der Waals surface area (Å²) in [6.45, 7) is 2.90. The molecule has 0 aliphatic heterocycles. The van der Waals surface area contributed by atoms with Crippen LogP contribution in [0.15, 0.2) is 22.7 Å². The molecule has 1 N–H and O–H groups in total. The van der Waals surface area contributed by atoms with Crippen molar-refractivity contribution >= 4 is 33.2 Å². The first-order chi connectivity index (χ1) is 9.15. The van der Waals surface area contributed by atoms with Crippen LogP contribution in [0.4, 0.5) is 5.69 Å². The Kier molecular flexibility index (Phi) is 3.80. The standard InChI is InChI=1S/C15H19BrClNO/c1-2-19-14-9-13(15(14)6-3-7-15)18-12-8-10(17)4-5-11(12)16/h4-5,8,13-14,18H,2-3,6-7,9H2,1H3. The summed E-state index contributed by atoms with van der Waals surface area (Å²) in [5.74, 6) is 0. The summed E-state index contributed by atoms with van der Waals surface area (Å²) in [4.78, 5) is 0. The predicted molar refractivity (Wildman–Crippen MR) is 82.9 cm³/mol. The molecule has 1 aromatic carbocycles. The lowest BCUT2D eigenvalue weighted by Gasteiger charge is -2.61. The minimum atomic E-state index is 0.373. The lowest BCUT2D eigenvalue weighted by molar-refractivity contribution is -0.157. The van der Waals surface area contributed by atoms with Gasteiger partial charge < -0.3 is 10.1 Å². The second kappa shape index (κ2) is 5.27. The van der Waals surface area contributed by atoms with Gasteiger partial charge in [0, 0.05) is 27.6 Å². The molecule has 2 nitrogen and oxygen atoms in total. The molecule has 2 fully saturated rings. The molecule has 2 unspecified atom stereocenters. The highest BCUT2D eigenvalue weighted by Crippen LogP contribution is 2.58. The van der Waals surface area contributed by atoms with Crippen LogP contribution < -0.4 is 5.32 Å². The maximum Gasteiger partial charge on any atom is 0.0670 e. The fourth-order valence-corrected chi connectivity index (χ4v) is 3.97. The Hall–Kier alpha value is -0.250. The van der Waals surface area contributed by atoms with Crippen molar-refractivity contribution in [3.63, 3.8) is 0 Å². The first-order valence-electron chi connectivity index (χ1n) is 6.99. The van der Waals surface area contributed by atoms with E-state index in [1.165, 1.54) is 19.3 Å². The summed E-state index contributed by atoms with van der Waals surface area (Å²) in [6.07, 6.45) is 5.45. The molecule has 2 atom stereocenters. The van der Waals surface area contributed by atoms with Crippen molar-refractivity contribution in [1.82, 2.24) is 0 Å². The first kappa shape index (κ1) is 13.7. The summed E-state index contributed by atoms with van der Waals surface area (Å²) >= 11 is 9.66. The van der Waals surface area contributed by atoms with Gasteiger partial charge in [0.15, 0.2) is 0 Å². The summed E-state index contributed by atoms with van der Waals surface area (Å²) in [6, 6.07) is 6.41. The molecule has 0 saturated heterocycles. The van der Waals surface area contributed by atoms with E-state index in [4.69, 9.17) is 16.3 Å². The van der Waals surface area contributed by atoms with Gasteiger partial charge in [0.25, 0.3) is 0 Å². The van der Waals surface area contributed by atoms with E-state index in [0.29, 0.717) is 17.6 Å². The van der Waals surface area contributed by atoms with E-state index in [1.807, 2.05) is 18.2 Å². The molecule has 2 aliphatic rings. The number of benzene rings is 1. The summed E-state index contributed by atoms with van der Waals surface area (Å²) in [5, 5.41) is 4.43. The van der Waals surface area contributed by atoms with Crippen LogP contribution in [-0.4, -0.2) is 18.8 Å². The van der Waals surface area contributed by atoms with Crippen molar-refractivity contribution in [2.45, 2.75) is 44.8 Å². The number of hydrogen-bond donors (Lipinski definition) is 1. The molecular formula is C15H19BrClNO. The van der Waals surface area contributed by atoms with Crippen molar-refractivity contribution in [3.05, 3.63) is 27.7 Å². The molecule has 3 rings (SSSR count). The second-order valence-corrected chi connectivity index (χ2v) is 6.88. The molecule has 0 bridgehead atoms. The van der Waals surface area contributed by atoms with Gasteiger partial charge in [-0.3, -0.25) is 0 Å². The van der Waals surface area contributed by atoms with E-state index in [1.54, 1.807) is 0 Å². The third-order valence-corrected chi connectivity index (χ3v) is 5.62. The van der Waals surface area contributed by atoms with E-state index >= 15 is 0 Å². The Morgan fingerprint density at radius 3 is 2.89 bits per heavy atom. The largest absolute Gasteiger partial charge is 0.381 e. The number of ether oxygens (including phenoxy) is 1. The predicted octanol–water partition coefficient (Wildman–Crippen LogP) is 4.86. The maximum atomic E-state index is 6.07. The average Bonchev–Trinajstić information content (AvgIpc) is 2.30. The Labute approximate surface area is 128 Å². The second-order valence-electron chi connectivity index (χ2n) is 5.59. The highest BCUT2D eigenvalue weighted by molar-refractivity contribution is 9.10. The van der Waals surface area contributed by atoms with Crippen LogP contribution in [-0.2, 0) is 4.74 Å². The van der Waals surface area contributed by atoms with E-state index < -0.39 is 0 Å². The van der Waals surface area contributed by atoms with E-state index in [-0.39, 0.29) is 0 Å². The van der Waals surface area contributed by atoms with E-state index in [9.17, 15) is 0 Å². The first-order valence-corrected chi connectivity index (χ1v) is 8.16. The molecule has 0 amide bonds. The van der Waals surface area contributed by atoms with Gasteiger partial charge in [0.05, 0.1) is 11.8 Å². The minimum absolute atomic E-state index is 0.373. The third-order valence-electron chi connectivity index (χ3n) is 4.70. The highest BCUT2D eigenvalue weighted by atomic mass is 79.9. The molecule has 19 heavy (non-hydrogen) atoms. The third kappa shape index (κ3) is 2.30. The zero-order valence-electron chi connectivity index (χ0n) is 11.1. The summed E-state index contributed by atoms with van der Waals surface area (Å²) in [7, 11) is 0. The Balaban J connectivity index is 1.72. The molecule has 0 aromatic heterocycles. The van der Waals surface area contributed by atoms with Crippen LogP contribution in [0.1, 0.15) is 32.6 Å². The fourth-order valence-electron chi connectivity index (χ4n) is 3.44. The van der Waals surface area contributed by atoms with Crippen LogP contribution in [0.25, 0.3) is 0 Å². The van der Waals surface area contributed by atoms with E-state index in [0.717, 1.165) is 28.2 Å². The van der Waals surface area contributed by atoms with Crippen LogP contribution in [0.3, 0.4) is 0 Å². The van der Waals surface area contributed by atoms with Gasteiger partial charge in [-0.2, -0.15) is 0 Å². The average molecular weight is 345 g/mol. The van der Waals surface area contributed by atoms with Crippen molar-refractivity contribution in [2.24, 2.45) is 5.41 Å². The van der Waals surface area contributed by atoms with Gasteiger partial charge in [-0.25, -0.2) is 0 Å². The quantitative estimate of drug-likeness (QED) is 0.842. The molecule has 104 valence electrons. The zero-order chi connectivity index (χ0) is 13.5. The number of hydrogen-bond acceptors (Lipinski definition) is 2. The number of anilines is 1. The highest BCUT2D eigenvalue weighted by Gasteiger charge is 2.58. The Morgan fingerprint density at radius 2 is 2.26 bits per heavy atom. The molecular weight excluding hydrogens is 326 g/mol. The smallest absolute Gasteiger partial charge is 0.0670 e. The molecule has 0 heterocycles. The summed E-state index contributed by atoms with van der Waals surface area (Å²) < 4.78 is 6.95. The van der Waals surface area contributed by atoms with Gasteiger partial charge in [0.2, 0.25) is 0 Å². The molecule has 1 aromatic rings. The number of nitrogens with one attached hydrogen (secondary N) is 1. The topological polar surface area (TPSA) is 21.3 Å². The van der Waals surface area contributed by atoms with Crippen LogP contribution in [0, 0.1) is 5.41 Å². The Bertz CT molecular complexity index is 475. The summed E-state index contributed by atoms with van der Waals surface area (Å²) in [5.41, 5.74) is 1.47. The van der Waals surface area contributed by atoms with Crippen LogP contribution >= 0.6 is 27.5 Å². The Morgan fingerprint density at radius 1 is 1.47 bits per heavy atom. The van der Waals surface area contributed by atoms with Gasteiger partial charge in [-0.15, -0.1) is 0 Å². The van der Waals surface area contributed by atoms with Gasteiger partial charge in [-0.05, 0) is 60.3 Å². The maximum absolute atomic E-state index is 6.07. The van der Waals surface area contributed by atoms with Crippen molar-refractivity contribution in [1.29, 1.82) is 0 Å². The number of halogens is 2. The van der Waals surface area contributed by atoms with Gasteiger partial charge in [-0.1, -0.05) is 18.0 Å². The van der Waals surface area contributed by atoms with Crippen LogP contribution in [0.5, 0.6) is 0 Å². The van der Waals surface area contributed by atoms with E-state index in [2.05, 4.69) is 28.2 Å². The molecule has 4 heteroatoms. The number of rotatable bonds is 4. The normalized spacial score (nSPS) is 27.7. The van der Waals surface area contributed by atoms with Crippen LogP contribution in [0.2, 0.25) is 5.02 Å². The van der Waals surface area contributed by atoms with Gasteiger partial charge in [0.1, 0.15) is 0 Å². The molecule has 2 saturated carbocycles. The van der Waals surface area contributed by atoms with Crippen molar-refractivity contribution < 1.29 is 4.74 Å². The van der Waals surface area contributed by atoms with Crippen molar-refractivity contribution in [2.75, 3.05) is 11.9 Å². The molecule has 2 aliphatic carbocycles. The zero-order valence-corrected chi connectivity index (χ0v) is 13.4. The van der Waals surface area contributed by atoms with Crippen molar-refractivity contribution in [3.8, 4) is 0 Å². The fraction of sp³-hybridized carbons (Fsp3) is 0.600. The lowest BCUT2D eigenvalue weighted by Crippen LogP contribution is -2.64. The molecule has 1 spiro atoms. The minimum Gasteiger partial charge on any atom is -0.381 e. The van der Waals surface area contributed by atoms with Gasteiger partial charge >= 0.3 is 0 Å².